The molecule has 3 aromatic rings. The number of nitrogens with zero attached hydrogens (tertiary/aromatic N) is 4. The minimum absolute atomic E-state index is 0.0316. The van der Waals surface area contributed by atoms with E-state index in [0.717, 1.165) is 23.3 Å². The molecule has 0 aliphatic carbocycles. The van der Waals surface area contributed by atoms with E-state index in [0.29, 0.717) is 32.5 Å². The average Bonchev–Trinajstić information content (AvgIpc) is 3.31. The summed E-state index contributed by atoms with van der Waals surface area (Å²) in [5, 5.41) is 7.02. The summed E-state index contributed by atoms with van der Waals surface area (Å²) >= 11 is 0. The van der Waals surface area contributed by atoms with Gasteiger partial charge in [0.2, 0.25) is 15.9 Å². The number of hydrogen-bond acceptors (Lipinski definition) is 5. The molecular weight excluding hydrogens is 433 g/mol. The highest BCUT2D eigenvalue weighted by Crippen LogP contribution is 2.24. The highest BCUT2D eigenvalue weighted by atomic mass is 32.2. The quantitative estimate of drug-likeness (QED) is 0.587. The fraction of sp³-hybridized carbons (Fsp3) is 0.318. The van der Waals surface area contributed by atoms with Gasteiger partial charge in [0, 0.05) is 19.6 Å². The molecule has 2 aromatic carbocycles. The third-order valence-electron chi connectivity index (χ3n) is 5.48. The predicted octanol–water partition coefficient (Wildman–Crippen LogP) is 2.18. The van der Waals surface area contributed by atoms with E-state index < -0.39 is 21.8 Å². The Labute approximate surface area is 186 Å². The van der Waals surface area contributed by atoms with Crippen LogP contribution in [0.5, 0.6) is 0 Å². The van der Waals surface area contributed by atoms with Gasteiger partial charge in [-0.05, 0) is 48.2 Å². The van der Waals surface area contributed by atoms with Gasteiger partial charge in [-0.25, -0.2) is 22.5 Å². The van der Waals surface area contributed by atoms with Crippen molar-refractivity contribution in [2.45, 2.75) is 30.8 Å². The third-order valence-corrected chi connectivity index (χ3v) is 7.35. The van der Waals surface area contributed by atoms with Gasteiger partial charge in [-0.3, -0.25) is 4.79 Å². The van der Waals surface area contributed by atoms with Crippen molar-refractivity contribution < 1.29 is 17.6 Å². The predicted molar refractivity (Wildman–Crippen MR) is 115 cm³/mol. The molecule has 1 fully saturated rings. The summed E-state index contributed by atoms with van der Waals surface area (Å²) in [4.78, 5) is 16.7. The Bertz CT molecular complexity index is 1170. The first-order valence-electron chi connectivity index (χ1n) is 10.4. The van der Waals surface area contributed by atoms with E-state index in [-0.39, 0.29) is 17.3 Å². The van der Waals surface area contributed by atoms with Gasteiger partial charge in [0.25, 0.3) is 0 Å². The van der Waals surface area contributed by atoms with Gasteiger partial charge < -0.3 is 5.32 Å². The highest BCUT2D eigenvalue weighted by Gasteiger charge is 2.33. The van der Waals surface area contributed by atoms with E-state index in [1.165, 1.54) is 22.8 Å². The average molecular weight is 458 g/mol. The summed E-state index contributed by atoms with van der Waals surface area (Å²) < 4.78 is 41.9. The van der Waals surface area contributed by atoms with Crippen LogP contribution in [0.25, 0.3) is 0 Å². The number of aromatic nitrogens is 3. The Hall–Kier alpha value is -3.11. The summed E-state index contributed by atoms with van der Waals surface area (Å²) in [5.74, 6) is -1.10. The lowest BCUT2D eigenvalue weighted by atomic mass is 9.98. The van der Waals surface area contributed by atoms with Gasteiger partial charge in [0.15, 0.2) is 0 Å². The number of amides is 1. The summed E-state index contributed by atoms with van der Waals surface area (Å²) in [6, 6.07) is 12.6. The molecule has 0 radical (unpaired) electrons. The second-order valence-corrected chi connectivity index (χ2v) is 9.72. The van der Waals surface area contributed by atoms with Crippen LogP contribution in [-0.4, -0.2) is 46.5 Å². The molecule has 1 atom stereocenters. The molecule has 0 spiro atoms. The van der Waals surface area contributed by atoms with Gasteiger partial charge in [-0.2, -0.15) is 9.40 Å². The van der Waals surface area contributed by atoms with Crippen LogP contribution in [0, 0.1) is 11.7 Å². The van der Waals surface area contributed by atoms with Crippen molar-refractivity contribution in [3.05, 3.63) is 78.1 Å². The van der Waals surface area contributed by atoms with Crippen molar-refractivity contribution in [3.63, 3.8) is 0 Å². The number of carbonyl (C=O) groups excluding carboxylic acids is 1. The van der Waals surface area contributed by atoms with Crippen LogP contribution in [0.1, 0.15) is 24.0 Å². The van der Waals surface area contributed by atoms with Crippen LogP contribution >= 0.6 is 0 Å². The largest absolute Gasteiger partial charge is 0.352 e. The van der Waals surface area contributed by atoms with Gasteiger partial charge in [0.1, 0.15) is 18.5 Å². The summed E-state index contributed by atoms with van der Waals surface area (Å²) in [6.45, 7) is 1.39. The molecule has 1 saturated heterocycles. The van der Waals surface area contributed by atoms with Crippen molar-refractivity contribution in [2.75, 3.05) is 13.1 Å². The number of carbonyl (C=O) groups is 1. The molecular formula is C22H24FN5O3S. The minimum atomic E-state index is -3.77. The smallest absolute Gasteiger partial charge is 0.243 e. The fourth-order valence-corrected chi connectivity index (χ4v) is 5.33. The zero-order valence-corrected chi connectivity index (χ0v) is 18.2. The van der Waals surface area contributed by atoms with E-state index in [1.54, 1.807) is 11.0 Å². The molecule has 1 aliphatic heterocycles. The first kappa shape index (κ1) is 22.1. The maximum absolute atomic E-state index is 13.2. The monoisotopic (exact) mass is 457 g/mol. The van der Waals surface area contributed by atoms with Crippen LogP contribution < -0.4 is 5.32 Å². The van der Waals surface area contributed by atoms with E-state index >= 15 is 0 Å². The Morgan fingerprint density at radius 1 is 1.16 bits per heavy atom. The summed E-state index contributed by atoms with van der Waals surface area (Å²) in [5.41, 5.74) is 1.99. The number of hydrogen-bond donors (Lipinski definition) is 1. The van der Waals surface area contributed by atoms with Gasteiger partial charge in [-0.15, -0.1) is 0 Å². The summed E-state index contributed by atoms with van der Waals surface area (Å²) in [7, 11) is -3.77. The highest BCUT2D eigenvalue weighted by molar-refractivity contribution is 7.89. The number of piperidine rings is 1. The van der Waals surface area contributed by atoms with Gasteiger partial charge >= 0.3 is 0 Å². The van der Waals surface area contributed by atoms with Crippen molar-refractivity contribution >= 4 is 15.9 Å². The Morgan fingerprint density at radius 2 is 1.94 bits per heavy atom. The molecule has 168 valence electrons. The molecule has 1 amide bonds. The normalized spacial score (nSPS) is 17.2. The van der Waals surface area contributed by atoms with E-state index in [1.807, 2.05) is 24.3 Å². The molecule has 2 heterocycles. The second kappa shape index (κ2) is 9.58. The minimum Gasteiger partial charge on any atom is -0.352 e. The zero-order valence-electron chi connectivity index (χ0n) is 17.4. The van der Waals surface area contributed by atoms with Crippen molar-refractivity contribution in [1.29, 1.82) is 0 Å². The fourth-order valence-electron chi connectivity index (χ4n) is 3.80. The van der Waals surface area contributed by atoms with Crippen LogP contribution in [0.3, 0.4) is 0 Å². The van der Waals surface area contributed by atoms with Gasteiger partial charge in [0.05, 0.1) is 17.4 Å². The van der Waals surface area contributed by atoms with Crippen LogP contribution in [0.2, 0.25) is 0 Å². The number of nitrogens with one attached hydrogen (secondary N) is 1. The van der Waals surface area contributed by atoms with Crippen molar-refractivity contribution in [3.8, 4) is 0 Å². The SMILES string of the molecule is O=C(NCc1cccc(Cn2cncn2)c1)C1CCCN(S(=O)(=O)c2ccc(F)cc2)C1. The summed E-state index contributed by atoms with van der Waals surface area (Å²) in [6.07, 6.45) is 4.33. The van der Waals surface area contributed by atoms with E-state index in [4.69, 9.17) is 0 Å². The lowest BCUT2D eigenvalue weighted by Gasteiger charge is -2.31. The maximum atomic E-state index is 13.2. The third kappa shape index (κ3) is 5.20. The Balaban J connectivity index is 1.36. The number of sulfonamides is 1. The molecule has 1 aliphatic rings. The molecule has 32 heavy (non-hydrogen) atoms. The molecule has 1 unspecified atom stereocenters. The van der Waals surface area contributed by atoms with Crippen molar-refractivity contribution in [2.24, 2.45) is 5.92 Å². The standard InChI is InChI=1S/C22H24FN5O3S/c23-20-6-8-21(9-7-20)32(30,31)28-10-2-5-19(14-28)22(29)25-12-17-3-1-4-18(11-17)13-27-16-24-15-26-27/h1,3-4,6-9,11,15-16,19H,2,5,10,12-14H2,(H,25,29). The number of rotatable bonds is 7. The molecule has 0 saturated carbocycles. The van der Waals surface area contributed by atoms with Crippen LogP contribution in [0.15, 0.2) is 66.1 Å². The topological polar surface area (TPSA) is 97.2 Å². The first-order valence-corrected chi connectivity index (χ1v) is 11.8. The Kier molecular flexibility index (Phi) is 6.61. The maximum Gasteiger partial charge on any atom is 0.243 e. The number of benzene rings is 2. The lowest BCUT2D eigenvalue weighted by molar-refractivity contribution is -0.126. The second-order valence-electron chi connectivity index (χ2n) is 7.79. The van der Waals surface area contributed by atoms with Gasteiger partial charge in [-0.1, -0.05) is 24.3 Å². The molecule has 1 N–H and O–H groups in total. The van der Waals surface area contributed by atoms with E-state index in [2.05, 4.69) is 15.4 Å². The molecule has 0 bridgehead atoms. The lowest BCUT2D eigenvalue weighted by Crippen LogP contribution is -2.45. The first-order chi connectivity index (χ1) is 15.4. The van der Waals surface area contributed by atoms with Crippen LogP contribution in [0.4, 0.5) is 4.39 Å². The molecule has 10 heteroatoms. The number of halogens is 1. The van der Waals surface area contributed by atoms with Crippen LogP contribution in [-0.2, 0) is 27.9 Å². The van der Waals surface area contributed by atoms with E-state index in [9.17, 15) is 17.6 Å². The molecule has 4 rings (SSSR count). The van der Waals surface area contributed by atoms with Crippen molar-refractivity contribution in [1.82, 2.24) is 24.4 Å². The Morgan fingerprint density at radius 3 is 2.69 bits per heavy atom. The molecule has 1 aromatic heterocycles. The molecule has 8 nitrogen and oxygen atoms in total. The zero-order chi connectivity index (χ0) is 22.6.